The molecule has 0 aliphatic rings. The number of carbonyl (C=O) groups excluding carboxylic acids is 1. The fourth-order valence-electron chi connectivity index (χ4n) is 1.89. The van der Waals surface area contributed by atoms with Crippen molar-refractivity contribution in [1.82, 2.24) is 4.90 Å². The predicted octanol–water partition coefficient (Wildman–Crippen LogP) is 2.26. The lowest BCUT2D eigenvalue weighted by Crippen LogP contribution is -2.38. The van der Waals surface area contributed by atoms with E-state index in [9.17, 15) is 4.79 Å². The van der Waals surface area contributed by atoms with E-state index in [4.69, 9.17) is 5.73 Å². The highest BCUT2D eigenvalue weighted by Gasteiger charge is 2.18. The predicted molar refractivity (Wildman–Crippen MR) is 78.8 cm³/mol. The summed E-state index contributed by atoms with van der Waals surface area (Å²) in [5.41, 5.74) is 6.92. The minimum atomic E-state index is 0.0789. The van der Waals surface area contributed by atoms with E-state index in [-0.39, 0.29) is 11.9 Å². The third kappa shape index (κ3) is 4.11. The zero-order valence-electron chi connectivity index (χ0n) is 11.9. The third-order valence-corrected chi connectivity index (χ3v) is 3.19. The summed E-state index contributed by atoms with van der Waals surface area (Å²) in [6.07, 6.45) is 0.958. The van der Waals surface area contributed by atoms with Gasteiger partial charge in [0, 0.05) is 23.7 Å². The van der Waals surface area contributed by atoms with Crippen LogP contribution in [-0.4, -0.2) is 29.9 Å². The number of hydrogen-bond donors (Lipinski definition) is 1. The molecular weight excluding hydrogens is 236 g/mol. The van der Waals surface area contributed by atoms with Gasteiger partial charge < -0.3 is 10.6 Å². The van der Waals surface area contributed by atoms with E-state index >= 15 is 0 Å². The van der Waals surface area contributed by atoms with Gasteiger partial charge in [0.15, 0.2) is 0 Å². The monoisotopic (exact) mass is 258 g/mol. The smallest absolute Gasteiger partial charge is 0.254 e. The highest BCUT2D eigenvalue weighted by atomic mass is 16.2. The van der Waals surface area contributed by atoms with Crippen LogP contribution in [0.15, 0.2) is 24.3 Å². The van der Waals surface area contributed by atoms with E-state index in [1.807, 2.05) is 36.1 Å². The summed E-state index contributed by atoms with van der Waals surface area (Å²) in [6.45, 7) is 7.24. The molecule has 1 aromatic rings. The van der Waals surface area contributed by atoms with Crippen molar-refractivity contribution in [2.45, 2.75) is 33.2 Å². The van der Waals surface area contributed by atoms with E-state index in [1.54, 1.807) is 0 Å². The minimum absolute atomic E-state index is 0.0789. The molecule has 19 heavy (non-hydrogen) atoms. The van der Waals surface area contributed by atoms with Crippen molar-refractivity contribution in [3.63, 3.8) is 0 Å². The quantitative estimate of drug-likeness (QED) is 0.842. The number of benzene rings is 1. The van der Waals surface area contributed by atoms with Gasteiger partial charge in [-0.1, -0.05) is 18.8 Å². The Morgan fingerprint density at radius 3 is 2.42 bits per heavy atom. The third-order valence-electron chi connectivity index (χ3n) is 3.19. The Bertz CT molecular complexity index is 468. The van der Waals surface area contributed by atoms with Crippen molar-refractivity contribution in [2.24, 2.45) is 5.73 Å². The summed E-state index contributed by atoms with van der Waals surface area (Å²) in [6, 6.07) is 7.64. The molecule has 0 saturated heterocycles. The van der Waals surface area contributed by atoms with Crippen LogP contribution in [0.25, 0.3) is 0 Å². The molecule has 1 atom stereocenters. The van der Waals surface area contributed by atoms with E-state index in [0.29, 0.717) is 12.1 Å². The average molecular weight is 258 g/mol. The lowest BCUT2D eigenvalue weighted by Gasteiger charge is -2.27. The Morgan fingerprint density at radius 2 is 1.95 bits per heavy atom. The number of rotatable bonds is 4. The number of amides is 1. The first kappa shape index (κ1) is 15.3. The Labute approximate surface area is 115 Å². The Morgan fingerprint density at radius 1 is 1.32 bits per heavy atom. The summed E-state index contributed by atoms with van der Waals surface area (Å²) in [4.78, 5) is 14.3. The van der Waals surface area contributed by atoms with Crippen LogP contribution in [0.3, 0.4) is 0 Å². The molecule has 102 valence electrons. The van der Waals surface area contributed by atoms with Gasteiger partial charge >= 0.3 is 0 Å². The first-order chi connectivity index (χ1) is 9.13. The van der Waals surface area contributed by atoms with Crippen LogP contribution in [0.2, 0.25) is 0 Å². The van der Waals surface area contributed by atoms with Crippen LogP contribution in [0.5, 0.6) is 0 Å². The second kappa shape index (κ2) is 7.60. The van der Waals surface area contributed by atoms with Gasteiger partial charge in [0.1, 0.15) is 0 Å². The molecule has 3 nitrogen and oxygen atoms in total. The molecule has 0 bridgehead atoms. The maximum Gasteiger partial charge on any atom is 0.254 e. The van der Waals surface area contributed by atoms with Gasteiger partial charge in [-0.2, -0.15) is 0 Å². The van der Waals surface area contributed by atoms with Gasteiger partial charge in [-0.15, -0.1) is 0 Å². The Kier molecular flexibility index (Phi) is 6.11. The van der Waals surface area contributed by atoms with Gasteiger partial charge in [0.2, 0.25) is 0 Å². The number of nitrogens with zero attached hydrogens (tertiary/aromatic N) is 1. The van der Waals surface area contributed by atoms with Crippen molar-refractivity contribution in [2.75, 3.05) is 13.1 Å². The maximum atomic E-state index is 12.4. The molecular formula is C16H22N2O. The van der Waals surface area contributed by atoms with E-state index in [0.717, 1.165) is 18.5 Å². The number of nitrogens with two attached hydrogens (primary N) is 1. The summed E-state index contributed by atoms with van der Waals surface area (Å²) in [5.74, 6) is 5.82. The molecule has 3 heteroatoms. The van der Waals surface area contributed by atoms with E-state index < -0.39 is 0 Å². The highest BCUT2D eigenvalue weighted by Crippen LogP contribution is 2.11. The maximum absolute atomic E-state index is 12.4. The molecule has 0 fully saturated rings. The Balaban J connectivity index is 2.87. The van der Waals surface area contributed by atoms with E-state index in [1.165, 1.54) is 0 Å². The molecule has 0 aliphatic carbocycles. The first-order valence-corrected chi connectivity index (χ1v) is 6.74. The van der Waals surface area contributed by atoms with Crippen LogP contribution in [0.4, 0.5) is 0 Å². The van der Waals surface area contributed by atoms with Crippen molar-refractivity contribution in [1.29, 1.82) is 0 Å². The van der Waals surface area contributed by atoms with Crippen LogP contribution in [0, 0.1) is 11.8 Å². The topological polar surface area (TPSA) is 46.3 Å². The van der Waals surface area contributed by atoms with Crippen LogP contribution in [-0.2, 0) is 0 Å². The highest BCUT2D eigenvalue weighted by molar-refractivity contribution is 5.94. The van der Waals surface area contributed by atoms with Crippen molar-refractivity contribution in [3.05, 3.63) is 35.4 Å². The Hall–Kier alpha value is -1.79. The van der Waals surface area contributed by atoms with Crippen molar-refractivity contribution >= 4 is 5.91 Å². The second-order valence-corrected chi connectivity index (χ2v) is 4.43. The molecule has 1 unspecified atom stereocenters. The lowest BCUT2D eigenvalue weighted by atomic mass is 10.1. The lowest BCUT2D eigenvalue weighted by molar-refractivity contribution is 0.0700. The molecule has 0 radical (unpaired) electrons. The largest absolute Gasteiger partial charge is 0.336 e. The van der Waals surface area contributed by atoms with Gasteiger partial charge in [-0.25, -0.2) is 0 Å². The van der Waals surface area contributed by atoms with Crippen molar-refractivity contribution < 1.29 is 4.79 Å². The van der Waals surface area contributed by atoms with Gasteiger partial charge in [0.05, 0.1) is 6.54 Å². The van der Waals surface area contributed by atoms with Gasteiger partial charge in [-0.3, -0.25) is 4.79 Å². The summed E-state index contributed by atoms with van der Waals surface area (Å²) >= 11 is 0. The molecule has 1 rings (SSSR count). The fourth-order valence-corrected chi connectivity index (χ4v) is 1.89. The number of hydrogen-bond acceptors (Lipinski definition) is 2. The summed E-state index contributed by atoms with van der Waals surface area (Å²) < 4.78 is 0. The number of carbonyl (C=O) groups is 1. The standard InChI is InChI=1S/C16H22N2O/c1-4-13(3)18(5-2)16(19)15-10-8-14(9-11-15)7-6-12-17/h8-11,13H,4-5,12,17H2,1-3H3. The van der Waals surface area contributed by atoms with Crippen LogP contribution in [0.1, 0.15) is 43.1 Å². The second-order valence-electron chi connectivity index (χ2n) is 4.43. The first-order valence-electron chi connectivity index (χ1n) is 6.74. The molecule has 0 aliphatic heterocycles. The molecule has 0 spiro atoms. The molecule has 0 aromatic heterocycles. The molecule has 1 aromatic carbocycles. The van der Waals surface area contributed by atoms with Crippen LogP contribution >= 0.6 is 0 Å². The van der Waals surface area contributed by atoms with Crippen molar-refractivity contribution in [3.8, 4) is 11.8 Å². The van der Waals surface area contributed by atoms with Gasteiger partial charge in [-0.05, 0) is 44.5 Å². The average Bonchev–Trinajstić information content (AvgIpc) is 2.46. The molecule has 0 saturated carbocycles. The molecule has 1 amide bonds. The molecule has 2 N–H and O–H groups in total. The zero-order valence-corrected chi connectivity index (χ0v) is 11.9. The summed E-state index contributed by atoms with van der Waals surface area (Å²) in [7, 11) is 0. The normalized spacial score (nSPS) is 11.4. The minimum Gasteiger partial charge on any atom is -0.336 e. The van der Waals surface area contributed by atoms with Gasteiger partial charge in [0.25, 0.3) is 5.91 Å². The van der Waals surface area contributed by atoms with E-state index in [2.05, 4.69) is 25.7 Å². The van der Waals surface area contributed by atoms with Crippen LogP contribution < -0.4 is 5.73 Å². The summed E-state index contributed by atoms with van der Waals surface area (Å²) in [5, 5.41) is 0. The molecule has 0 heterocycles. The zero-order chi connectivity index (χ0) is 14.3. The SMILES string of the molecule is CCC(C)N(CC)C(=O)c1ccc(C#CCN)cc1. The fraction of sp³-hybridized carbons (Fsp3) is 0.438.